The molecule has 0 fully saturated rings. The van der Waals surface area contributed by atoms with E-state index in [0.29, 0.717) is 21.3 Å². The predicted molar refractivity (Wildman–Crippen MR) is 76.8 cm³/mol. The largest absolute Gasteiger partial charge is 0.450 e. The van der Waals surface area contributed by atoms with Crippen molar-refractivity contribution in [3.63, 3.8) is 0 Å². The molecule has 0 saturated carbocycles. The Kier molecular flexibility index (Phi) is 4.01. The minimum atomic E-state index is -0.485. The van der Waals surface area contributed by atoms with Crippen LogP contribution < -0.4 is 4.74 Å². The zero-order valence-corrected chi connectivity index (χ0v) is 12.0. The topological polar surface area (TPSA) is 76.2 Å². The molecule has 0 saturated heterocycles. The summed E-state index contributed by atoms with van der Waals surface area (Å²) >= 11 is 3.25. The molecule has 2 aromatic rings. The Morgan fingerprint density at radius 2 is 2.10 bits per heavy atom. The Morgan fingerprint density at radius 3 is 2.70 bits per heavy atom. The number of para-hydroxylation sites is 1. The average Bonchev–Trinajstić information content (AvgIpc) is 2.41. The van der Waals surface area contributed by atoms with E-state index in [2.05, 4.69) is 15.9 Å². The van der Waals surface area contributed by atoms with Crippen molar-refractivity contribution in [1.82, 2.24) is 0 Å². The number of ether oxygens (including phenoxy) is 1. The lowest BCUT2D eigenvalue weighted by Crippen LogP contribution is -1.95. The SMILES string of the molecule is Cc1cccc([N+](=O)[O-])c1Oc1ccc(C#N)c(Br)c1. The molecule has 0 aliphatic carbocycles. The third kappa shape index (κ3) is 2.78. The molecule has 0 amide bonds. The minimum absolute atomic E-state index is 0.0921. The fraction of sp³-hybridized carbons (Fsp3) is 0.0714. The Hall–Kier alpha value is -2.39. The molecule has 0 atom stereocenters. The van der Waals surface area contributed by atoms with E-state index in [1.165, 1.54) is 6.07 Å². The van der Waals surface area contributed by atoms with Crippen LogP contribution in [0, 0.1) is 28.4 Å². The van der Waals surface area contributed by atoms with Crippen LogP contribution >= 0.6 is 15.9 Å². The van der Waals surface area contributed by atoms with Gasteiger partial charge in [0.15, 0.2) is 0 Å². The van der Waals surface area contributed by atoms with Crippen molar-refractivity contribution in [3.05, 3.63) is 62.1 Å². The van der Waals surface area contributed by atoms with Crippen LogP contribution in [0.15, 0.2) is 40.9 Å². The van der Waals surface area contributed by atoms with E-state index in [-0.39, 0.29) is 11.4 Å². The number of nitro groups is 1. The van der Waals surface area contributed by atoms with E-state index in [0.717, 1.165) is 0 Å². The number of nitro benzene ring substituents is 1. The molecule has 0 bridgehead atoms. The smallest absolute Gasteiger partial charge is 0.311 e. The highest BCUT2D eigenvalue weighted by atomic mass is 79.9. The van der Waals surface area contributed by atoms with Gasteiger partial charge in [-0.15, -0.1) is 0 Å². The number of aryl methyl sites for hydroxylation is 1. The summed E-state index contributed by atoms with van der Waals surface area (Å²) in [7, 11) is 0. The maximum atomic E-state index is 11.0. The second-order valence-electron chi connectivity index (χ2n) is 4.04. The molecule has 2 rings (SSSR count). The van der Waals surface area contributed by atoms with Gasteiger partial charge in [0, 0.05) is 10.5 Å². The first-order valence-electron chi connectivity index (χ1n) is 5.64. The van der Waals surface area contributed by atoms with Crippen molar-refractivity contribution < 1.29 is 9.66 Å². The molecule has 0 heterocycles. The fourth-order valence-corrected chi connectivity index (χ4v) is 2.13. The van der Waals surface area contributed by atoms with Gasteiger partial charge in [-0.05, 0) is 46.6 Å². The van der Waals surface area contributed by atoms with Crippen molar-refractivity contribution in [2.75, 3.05) is 0 Å². The van der Waals surface area contributed by atoms with Crippen molar-refractivity contribution in [2.45, 2.75) is 6.92 Å². The highest BCUT2D eigenvalue weighted by molar-refractivity contribution is 9.10. The Balaban J connectivity index is 2.43. The van der Waals surface area contributed by atoms with Gasteiger partial charge in [-0.1, -0.05) is 12.1 Å². The van der Waals surface area contributed by atoms with Crippen molar-refractivity contribution in [3.8, 4) is 17.6 Å². The third-order valence-electron chi connectivity index (χ3n) is 2.67. The van der Waals surface area contributed by atoms with Crippen LogP contribution in [-0.4, -0.2) is 4.92 Å². The molecule has 2 aromatic carbocycles. The summed E-state index contributed by atoms with van der Waals surface area (Å²) in [5.41, 5.74) is 1.04. The first kappa shape index (κ1) is 14.0. The summed E-state index contributed by atoms with van der Waals surface area (Å²) in [5.74, 6) is 0.627. The van der Waals surface area contributed by atoms with Crippen LogP contribution in [0.1, 0.15) is 11.1 Å². The first-order chi connectivity index (χ1) is 9.52. The second kappa shape index (κ2) is 5.72. The monoisotopic (exact) mass is 332 g/mol. The molecule has 0 unspecified atom stereocenters. The Labute approximate surface area is 123 Å². The lowest BCUT2D eigenvalue weighted by Gasteiger charge is -2.09. The van der Waals surface area contributed by atoms with E-state index in [1.807, 2.05) is 6.07 Å². The van der Waals surface area contributed by atoms with Gasteiger partial charge < -0.3 is 4.74 Å². The van der Waals surface area contributed by atoms with Gasteiger partial charge in [-0.25, -0.2) is 0 Å². The number of benzene rings is 2. The molecular formula is C14H9BrN2O3. The predicted octanol–water partition coefficient (Wildman–Crippen LogP) is 4.33. The van der Waals surface area contributed by atoms with E-state index in [1.54, 1.807) is 37.3 Å². The number of hydrogen-bond donors (Lipinski definition) is 0. The molecule has 0 aliphatic rings. The third-order valence-corrected chi connectivity index (χ3v) is 3.32. The summed E-state index contributed by atoms with van der Waals surface area (Å²) in [5, 5.41) is 19.9. The summed E-state index contributed by atoms with van der Waals surface area (Å²) in [6.07, 6.45) is 0. The molecular weight excluding hydrogens is 324 g/mol. The highest BCUT2D eigenvalue weighted by Crippen LogP contribution is 2.35. The van der Waals surface area contributed by atoms with E-state index in [4.69, 9.17) is 10.00 Å². The Morgan fingerprint density at radius 1 is 1.35 bits per heavy atom. The molecule has 5 nitrogen and oxygen atoms in total. The van der Waals surface area contributed by atoms with Crippen LogP contribution in [0.2, 0.25) is 0 Å². The zero-order valence-electron chi connectivity index (χ0n) is 10.5. The van der Waals surface area contributed by atoms with Crippen molar-refractivity contribution >= 4 is 21.6 Å². The van der Waals surface area contributed by atoms with E-state index in [9.17, 15) is 10.1 Å². The van der Waals surface area contributed by atoms with Crippen LogP contribution in [0.4, 0.5) is 5.69 Å². The number of hydrogen-bond acceptors (Lipinski definition) is 4. The molecule has 0 aromatic heterocycles. The quantitative estimate of drug-likeness (QED) is 0.619. The molecule has 20 heavy (non-hydrogen) atoms. The zero-order chi connectivity index (χ0) is 14.7. The minimum Gasteiger partial charge on any atom is -0.450 e. The van der Waals surface area contributed by atoms with E-state index < -0.39 is 4.92 Å². The fourth-order valence-electron chi connectivity index (χ4n) is 1.68. The van der Waals surface area contributed by atoms with Crippen molar-refractivity contribution in [2.24, 2.45) is 0 Å². The Bertz CT molecular complexity index is 723. The van der Waals surface area contributed by atoms with Crippen molar-refractivity contribution in [1.29, 1.82) is 5.26 Å². The number of rotatable bonds is 3. The average molecular weight is 333 g/mol. The summed E-state index contributed by atoms with van der Waals surface area (Å²) in [4.78, 5) is 10.5. The van der Waals surface area contributed by atoms with Crippen LogP contribution in [0.5, 0.6) is 11.5 Å². The van der Waals surface area contributed by atoms with Gasteiger partial charge >= 0.3 is 5.69 Å². The van der Waals surface area contributed by atoms with Gasteiger partial charge in [0.2, 0.25) is 5.75 Å². The lowest BCUT2D eigenvalue weighted by molar-refractivity contribution is -0.385. The summed E-state index contributed by atoms with van der Waals surface area (Å²) in [6.45, 7) is 1.74. The van der Waals surface area contributed by atoms with Gasteiger partial charge in [0.1, 0.15) is 11.8 Å². The van der Waals surface area contributed by atoms with Gasteiger partial charge in [0.25, 0.3) is 0 Å². The molecule has 0 N–H and O–H groups in total. The molecule has 0 aliphatic heterocycles. The molecule has 6 heteroatoms. The van der Waals surface area contributed by atoms with Crippen LogP contribution in [0.3, 0.4) is 0 Å². The van der Waals surface area contributed by atoms with Gasteiger partial charge in [-0.3, -0.25) is 10.1 Å². The van der Waals surface area contributed by atoms with Gasteiger partial charge in [0.05, 0.1) is 10.5 Å². The van der Waals surface area contributed by atoms with Crippen LogP contribution in [0.25, 0.3) is 0 Å². The molecule has 0 spiro atoms. The maximum absolute atomic E-state index is 11.0. The number of nitrogens with zero attached hydrogens (tertiary/aromatic N) is 2. The maximum Gasteiger partial charge on any atom is 0.311 e. The number of nitriles is 1. The highest BCUT2D eigenvalue weighted by Gasteiger charge is 2.18. The second-order valence-corrected chi connectivity index (χ2v) is 4.89. The normalized spacial score (nSPS) is 9.85. The lowest BCUT2D eigenvalue weighted by atomic mass is 10.2. The summed E-state index contributed by atoms with van der Waals surface area (Å²) in [6, 6.07) is 11.5. The van der Waals surface area contributed by atoms with E-state index >= 15 is 0 Å². The first-order valence-corrected chi connectivity index (χ1v) is 6.43. The summed E-state index contributed by atoms with van der Waals surface area (Å²) < 4.78 is 6.18. The van der Waals surface area contributed by atoms with Crippen LogP contribution in [-0.2, 0) is 0 Å². The van der Waals surface area contributed by atoms with Gasteiger partial charge in [-0.2, -0.15) is 5.26 Å². The standard InChI is InChI=1S/C14H9BrN2O3/c1-9-3-2-4-13(17(18)19)14(9)20-11-6-5-10(8-16)12(15)7-11/h2-7H,1H3. The number of halogens is 1. The molecule has 0 radical (unpaired) electrons. The molecule has 100 valence electrons.